The number of alkyl halides is 1. The molecule has 0 atom stereocenters. The summed E-state index contributed by atoms with van der Waals surface area (Å²) in [6.07, 6.45) is 12.1. The van der Waals surface area contributed by atoms with Crippen molar-refractivity contribution in [3.63, 3.8) is 0 Å². The minimum Gasteiger partial charge on any atom is -0.347 e. The van der Waals surface area contributed by atoms with E-state index in [9.17, 15) is 4.39 Å². The van der Waals surface area contributed by atoms with Gasteiger partial charge < -0.3 is 4.74 Å². The number of rotatable bonds is 4. The third-order valence-corrected chi connectivity index (χ3v) is 5.15. The van der Waals surface area contributed by atoms with E-state index < -0.39 is 6.86 Å². The van der Waals surface area contributed by atoms with Crippen LogP contribution in [0.5, 0.6) is 0 Å². The highest BCUT2D eigenvalue weighted by atomic mass is 19.1. The molecular weight excluding hydrogens is 215 g/mol. The van der Waals surface area contributed by atoms with Crippen LogP contribution < -0.4 is 0 Å². The SMILES string of the molecule is CCC1CCC(C2CCC(OCF)CC2)CC1. The van der Waals surface area contributed by atoms with Gasteiger partial charge in [0.15, 0.2) is 6.86 Å². The van der Waals surface area contributed by atoms with E-state index in [1.54, 1.807) is 0 Å². The third-order valence-electron chi connectivity index (χ3n) is 5.15. The highest BCUT2D eigenvalue weighted by molar-refractivity contribution is 4.81. The first kappa shape index (κ1) is 13.3. The zero-order chi connectivity index (χ0) is 12.1. The molecule has 100 valence electrons. The molecule has 0 heterocycles. The average Bonchev–Trinajstić information content (AvgIpc) is 2.40. The molecule has 2 aliphatic rings. The van der Waals surface area contributed by atoms with Crippen molar-refractivity contribution in [3.05, 3.63) is 0 Å². The summed E-state index contributed by atoms with van der Waals surface area (Å²) >= 11 is 0. The van der Waals surface area contributed by atoms with E-state index in [4.69, 9.17) is 4.74 Å². The van der Waals surface area contributed by atoms with Crippen LogP contribution in [-0.2, 0) is 4.74 Å². The number of halogens is 1. The van der Waals surface area contributed by atoms with Gasteiger partial charge in [0.2, 0.25) is 0 Å². The van der Waals surface area contributed by atoms with E-state index in [1.807, 2.05) is 0 Å². The Morgan fingerprint density at radius 3 is 1.88 bits per heavy atom. The fraction of sp³-hybridized carbons (Fsp3) is 1.00. The minimum absolute atomic E-state index is 0.211. The van der Waals surface area contributed by atoms with Crippen molar-refractivity contribution in [2.24, 2.45) is 17.8 Å². The molecule has 2 saturated carbocycles. The van der Waals surface area contributed by atoms with Crippen molar-refractivity contribution in [2.75, 3.05) is 6.86 Å². The van der Waals surface area contributed by atoms with E-state index in [-0.39, 0.29) is 6.10 Å². The van der Waals surface area contributed by atoms with Gasteiger partial charge in [0.25, 0.3) is 0 Å². The zero-order valence-corrected chi connectivity index (χ0v) is 11.2. The second-order valence-corrected chi connectivity index (χ2v) is 6.00. The molecule has 2 heteroatoms. The van der Waals surface area contributed by atoms with Crippen LogP contribution in [0.25, 0.3) is 0 Å². The molecule has 0 aromatic carbocycles. The summed E-state index contributed by atoms with van der Waals surface area (Å²) in [6, 6.07) is 0. The Balaban J connectivity index is 1.70. The first-order valence-electron chi connectivity index (χ1n) is 7.51. The molecule has 0 spiro atoms. The molecule has 17 heavy (non-hydrogen) atoms. The van der Waals surface area contributed by atoms with Crippen LogP contribution in [0.1, 0.15) is 64.7 Å². The molecule has 2 rings (SSSR count). The second kappa shape index (κ2) is 6.72. The van der Waals surface area contributed by atoms with Gasteiger partial charge in [0.1, 0.15) is 0 Å². The second-order valence-electron chi connectivity index (χ2n) is 6.00. The summed E-state index contributed by atoms with van der Waals surface area (Å²) in [5.74, 6) is 2.87. The normalized spacial score (nSPS) is 39.2. The van der Waals surface area contributed by atoms with Crippen LogP contribution in [0.4, 0.5) is 4.39 Å². The van der Waals surface area contributed by atoms with Crippen molar-refractivity contribution in [2.45, 2.75) is 70.8 Å². The summed E-state index contributed by atoms with van der Waals surface area (Å²) < 4.78 is 17.2. The van der Waals surface area contributed by atoms with E-state index in [2.05, 4.69) is 6.92 Å². The molecule has 0 unspecified atom stereocenters. The highest BCUT2D eigenvalue weighted by Crippen LogP contribution is 2.41. The van der Waals surface area contributed by atoms with E-state index in [1.165, 1.54) is 44.9 Å². The summed E-state index contributed by atoms with van der Waals surface area (Å²) in [4.78, 5) is 0. The van der Waals surface area contributed by atoms with Gasteiger partial charge in [-0.15, -0.1) is 0 Å². The largest absolute Gasteiger partial charge is 0.347 e. The van der Waals surface area contributed by atoms with Crippen molar-refractivity contribution in [1.82, 2.24) is 0 Å². The molecule has 1 nitrogen and oxygen atoms in total. The lowest BCUT2D eigenvalue weighted by Gasteiger charge is -2.37. The van der Waals surface area contributed by atoms with Gasteiger partial charge in [0.05, 0.1) is 6.10 Å². The lowest BCUT2D eigenvalue weighted by Crippen LogP contribution is -2.28. The molecule has 0 N–H and O–H groups in total. The van der Waals surface area contributed by atoms with Gasteiger partial charge in [-0.3, -0.25) is 0 Å². The molecule has 2 aliphatic carbocycles. The Hall–Kier alpha value is -0.110. The molecule has 0 aliphatic heterocycles. The van der Waals surface area contributed by atoms with Gasteiger partial charge >= 0.3 is 0 Å². The van der Waals surface area contributed by atoms with Crippen LogP contribution in [0.15, 0.2) is 0 Å². The zero-order valence-electron chi connectivity index (χ0n) is 11.2. The predicted octanol–water partition coefficient (Wildman–Crippen LogP) is 4.71. The van der Waals surface area contributed by atoms with E-state index in [0.29, 0.717) is 0 Å². The smallest absolute Gasteiger partial charge is 0.188 e. The lowest BCUT2D eigenvalue weighted by molar-refractivity contribution is -0.0347. The Labute approximate surface area is 105 Å². The quantitative estimate of drug-likeness (QED) is 0.694. The van der Waals surface area contributed by atoms with Crippen molar-refractivity contribution in [1.29, 1.82) is 0 Å². The summed E-state index contributed by atoms with van der Waals surface area (Å²) in [6.45, 7) is 1.72. The molecule has 0 aromatic heterocycles. The average molecular weight is 242 g/mol. The Bertz CT molecular complexity index is 203. The van der Waals surface area contributed by atoms with Crippen molar-refractivity contribution >= 4 is 0 Å². The predicted molar refractivity (Wildman–Crippen MR) is 68.5 cm³/mol. The fourth-order valence-corrected chi connectivity index (χ4v) is 3.88. The molecule has 0 amide bonds. The van der Waals surface area contributed by atoms with Gasteiger partial charge in [-0.05, 0) is 56.3 Å². The number of ether oxygens (including phenoxy) is 1. The standard InChI is InChI=1S/C15H27FO/c1-2-12-3-5-13(6-4-12)14-7-9-15(10-8-14)17-11-16/h12-15H,2-11H2,1H3. The summed E-state index contributed by atoms with van der Waals surface area (Å²) in [7, 11) is 0. The highest BCUT2D eigenvalue weighted by Gasteiger charge is 2.30. The van der Waals surface area contributed by atoms with Crippen LogP contribution in [0.3, 0.4) is 0 Å². The van der Waals surface area contributed by atoms with E-state index in [0.717, 1.165) is 30.6 Å². The Morgan fingerprint density at radius 1 is 0.882 bits per heavy atom. The number of hydrogen-bond acceptors (Lipinski definition) is 1. The molecule has 0 aromatic rings. The van der Waals surface area contributed by atoms with Gasteiger partial charge in [0, 0.05) is 0 Å². The maximum Gasteiger partial charge on any atom is 0.188 e. The lowest BCUT2D eigenvalue weighted by atomic mass is 9.70. The summed E-state index contributed by atoms with van der Waals surface area (Å²) in [5.41, 5.74) is 0. The monoisotopic (exact) mass is 242 g/mol. The van der Waals surface area contributed by atoms with Crippen LogP contribution in [-0.4, -0.2) is 13.0 Å². The van der Waals surface area contributed by atoms with E-state index >= 15 is 0 Å². The molecular formula is C15H27FO. The van der Waals surface area contributed by atoms with Crippen molar-refractivity contribution < 1.29 is 9.13 Å². The Morgan fingerprint density at radius 2 is 1.41 bits per heavy atom. The third kappa shape index (κ3) is 3.67. The first-order valence-corrected chi connectivity index (χ1v) is 7.51. The first-order chi connectivity index (χ1) is 8.33. The van der Waals surface area contributed by atoms with Crippen LogP contribution >= 0.6 is 0 Å². The molecule has 0 radical (unpaired) electrons. The Kier molecular flexibility index (Phi) is 5.27. The van der Waals surface area contributed by atoms with Gasteiger partial charge in [-0.2, -0.15) is 0 Å². The van der Waals surface area contributed by atoms with Crippen LogP contribution in [0, 0.1) is 17.8 Å². The fourth-order valence-electron chi connectivity index (χ4n) is 3.88. The molecule has 0 saturated heterocycles. The minimum atomic E-state index is -0.600. The summed E-state index contributed by atoms with van der Waals surface area (Å²) in [5, 5.41) is 0. The topological polar surface area (TPSA) is 9.23 Å². The van der Waals surface area contributed by atoms with Gasteiger partial charge in [-0.25, -0.2) is 4.39 Å². The number of hydrogen-bond donors (Lipinski definition) is 0. The van der Waals surface area contributed by atoms with Crippen molar-refractivity contribution in [3.8, 4) is 0 Å². The maximum absolute atomic E-state index is 12.1. The molecule has 0 bridgehead atoms. The molecule has 2 fully saturated rings. The van der Waals surface area contributed by atoms with Gasteiger partial charge in [-0.1, -0.05) is 26.2 Å². The maximum atomic E-state index is 12.1. The van der Waals surface area contributed by atoms with Crippen LogP contribution in [0.2, 0.25) is 0 Å².